The lowest BCUT2D eigenvalue weighted by atomic mass is 9.33. The molecule has 0 spiro atoms. The number of esters is 8. The second kappa shape index (κ2) is 25.6. The van der Waals surface area contributed by atoms with Crippen molar-refractivity contribution in [2.45, 2.75) is 247 Å². The zero-order valence-electron chi connectivity index (χ0n) is 52.9. The third-order valence-corrected chi connectivity index (χ3v) is 21.1. The number of carboxylic acid groups (broad SMARTS) is 1. The molecule has 8 aliphatic rings. The average molecular weight is 1250 g/mol. The predicted octanol–water partition coefficient (Wildman–Crippen LogP) is 4.70. The highest BCUT2D eigenvalue weighted by atomic mass is 16.8. The first-order valence-corrected chi connectivity index (χ1v) is 30.3. The van der Waals surface area contributed by atoms with Crippen LogP contribution < -0.4 is 0 Å². The Labute approximate surface area is 511 Å². The largest absolute Gasteiger partial charge is 0.479 e. The Morgan fingerprint density at radius 1 is 0.591 bits per heavy atom. The Morgan fingerprint density at radius 3 is 1.72 bits per heavy atom. The minimum Gasteiger partial charge on any atom is -0.479 e. The van der Waals surface area contributed by atoms with Crippen molar-refractivity contribution in [1.29, 1.82) is 0 Å². The van der Waals surface area contributed by atoms with Crippen molar-refractivity contribution in [3.63, 3.8) is 0 Å². The third kappa shape index (κ3) is 12.9. The van der Waals surface area contributed by atoms with Crippen LogP contribution in [0.15, 0.2) is 11.6 Å². The number of rotatable bonds is 16. The number of carbonyl (C=O) groups excluding carboxylic acids is 9. The fourth-order valence-electron chi connectivity index (χ4n) is 16.9. The van der Waals surface area contributed by atoms with Gasteiger partial charge in [-0.2, -0.15) is 0 Å². The van der Waals surface area contributed by atoms with E-state index in [1.165, 1.54) is 7.11 Å². The number of aliphatic hydroxyl groups excluding tert-OH is 1. The Hall–Kier alpha value is -5.64. The molecule has 4 saturated carbocycles. The number of allylic oxidation sites excluding steroid dienone is 2. The van der Waals surface area contributed by atoms with Gasteiger partial charge in [0, 0.05) is 54.4 Å². The topological polar surface area (TPSA) is 340 Å². The maximum Gasteiger partial charge on any atom is 0.335 e. The SMILES string of the molecule is COC(=O)[C@@]1(C)CC[C@]2(C)CC[C@]3(C)C(=CC(=O)[C@@H]4[C@@]5(C)CC[C@H](O[C@@H]6O[C@H](C(=O)O)[C@@H](O)[C@H](O[C@@H]7OC[C@@H](OC(C)=O)[C@H](OC(C)=O)[C@H]7OC(C)=O)[C@H]6O[C@@H]6O[C@H](COC(C)=O)[C@H](OC(C)=O)[C@H](OC(C)=O)[C@H]6OC(C)=O)C(C)(C)[C@@H]5CC[C@]43C)[C@@H]2C1. The average Bonchev–Trinajstić information content (AvgIpc) is 0.680. The molecule has 0 bridgehead atoms. The molecule has 0 aromatic carbocycles. The number of aliphatic carboxylic acids is 1. The number of aliphatic hydroxyl groups is 1. The Balaban J connectivity index is 1.21. The highest BCUT2D eigenvalue weighted by Gasteiger charge is 2.71. The predicted molar refractivity (Wildman–Crippen MR) is 297 cm³/mol. The summed E-state index contributed by atoms with van der Waals surface area (Å²) in [4.78, 5) is 131. The number of ketones is 1. The standard InChI is InChI=1S/C62H88O26/c1-28(63)76-26-39-43(79-30(3)65)47(81-32(5)67)50(83-34(7)69)54(84-39)88-49-45(86-53-48(82-33(6)68)44(80-31(4)66)38(27-77-53)78-29(2)64)42(71)46(52(72)73)87-55(49)85-41-17-18-60(12)40(57(41,8)9)16-19-62(14)51(60)37(70)24-35-36-25-59(11,56(74)75-15)21-20-58(36,10)22-23-61(35,62)13/h24,36,38-51,53-55,71H,16-23,25-27H2,1-15H3,(H,72,73)/t36-,38+,39+,40-,41-,42-,43-,44-,45-,46-,47-,48+,49+,50+,51+,53-,54-,55+,58+,59-,60-,61+,62+/m0/s1. The molecule has 492 valence electrons. The first-order chi connectivity index (χ1) is 40.9. The van der Waals surface area contributed by atoms with Crippen LogP contribution >= 0.6 is 0 Å². The molecule has 2 N–H and O–H groups in total. The molecule has 0 unspecified atom stereocenters. The number of methoxy groups -OCH3 is 1. The Kier molecular flexibility index (Phi) is 19.8. The van der Waals surface area contributed by atoms with Crippen molar-refractivity contribution in [3.8, 4) is 0 Å². The lowest BCUT2D eigenvalue weighted by molar-refractivity contribution is -0.392. The molecular weight excluding hydrogens is 1160 g/mol. The lowest BCUT2D eigenvalue weighted by Crippen LogP contribution is -2.69. The normalized spacial score (nSPS) is 42.5. The molecule has 7 fully saturated rings. The maximum absolute atomic E-state index is 15.4. The molecule has 3 saturated heterocycles. The van der Waals surface area contributed by atoms with Gasteiger partial charge < -0.3 is 76.5 Å². The van der Waals surface area contributed by atoms with E-state index >= 15 is 4.79 Å². The number of hydrogen-bond donors (Lipinski definition) is 2. The summed E-state index contributed by atoms with van der Waals surface area (Å²) in [6, 6.07) is 0. The van der Waals surface area contributed by atoms with Crippen molar-refractivity contribution in [2.24, 2.45) is 50.2 Å². The smallest absolute Gasteiger partial charge is 0.335 e. The first kappa shape index (κ1) is 68.3. The van der Waals surface area contributed by atoms with Crippen LogP contribution in [0.1, 0.15) is 155 Å². The zero-order chi connectivity index (χ0) is 65.1. The van der Waals surface area contributed by atoms with Crippen molar-refractivity contribution in [3.05, 3.63) is 11.6 Å². The van der Waals surface area contributed by atoms with Crippen molar-refractivity contribution in [1.82, 2.24) is 0 Å². The molecule has 0 amide bonds. The van der Waals surface area contributed by atoms with Crippen LogP contribution in [0.25, 0.3) is 0 Å². The number of ether oxygens (including phenoxy) is 14. The van der Waals surface area contributed by atoms with Gasteiger partial charge in [-0.1, -0.05) is 47.1 Å². The van der Waals surface area contributed by atoms with Gasteiger partial charge in [0.1, 0.15) is 31.0 Å². The van der Waals surface area contributed by atoms with E-state index in [1.807, 2.05) is 26.8 Å². The van der Waals surface area contributed by atoms with Crippen LogP contribution in [0.3, 0.4) is 0 Å². The highest BCUT2D eigenvalue weighted by molar-refractivity contribution is 5.96. The summed E-state index contributed by atoms with van der Waals surface area (Å²) in [5.74, 6) is -9.15. The first-order valence-electron chi connectivity index (χ1n) is 30.3. The zero-order valence-corrected chi connectivity index (χ0v) is 52.9. The van der Waals surface area contributed by atoms with Crippen molar-refractivity contribution in [2.75, 3.05) is 20.3 Å². The summed E-state index contributed by atoms with van der Waals surface area (Å²) in [5, 5.41) is 23.2. The molecule has 88 heavy (non-hydrogen) atoms. The molecule has 0 radical (unpaired) electrons. The van der Waals surface area contributed by atoms with Gasteiger partial charge in [-0.25, -0.2) is 4.79 Å². The van der Waals surface area contributed by atoms with Gasteiger partial charge >= 0.3 is 53.7 Å². The molecule has 3 aliphatic heterocycles. The molecule has 0 aromatic rings. The minimum absolute atomic E-state index is 0.0197. The van der Waals surface area contributed by atoms with Crippen LogP contribution in [-0.2, 0) is 114 Å². The van der Waals surface area contributed by atoms with Gasteiger partial charge in [0.25, 0.3) is 0 Å². The molecule has 5 aliphatic carbocycles. The Morgan fingerprint density at radius 2 is 1.14 bits per heavy atom. The van der Waals surface area contributed by atoms with Crippen LogP contribution in [0.4, 0.5) is 0 Å². The quantitative estimate of drug-likeness (QED) is 0.120. The van der Waals surface area contributed by atoms with E-state index in [4.69, 9.17) is 66.3 Å². The molecule has 8 rings (SSSR count). The van der Waals surface area contributed by atoms with Gasteiger partial charge in [-0.3, -0.25) is 43.2 Å². The van der Waals surface area contributed by atoms with Gasteiger partial charge in [-0.15, -0.1) is 0 Å². The van der Waals surface area contributed by atoms with Gasteiger partial charge in [0.05, 0.1) is 25.2 Å². The highest BCUT2D eigenvalue weighted by Crippen LogP contribution is 2.75. The molecule has 23 atom stereocenters. The van der Waals surface area contributed by atoms with Gasteiger partial charge in [0.15, 0.2) is 67.4 Å². The molecule has 26 nitrogen and oxygen atoms in total. The summed E-state index contributed by atoms with van der Waals surface area (Å²) in [5.41, 5.74) is -2.21. The number of hydrogen-bond acceptors (Lipinski definition) is 25. The summed E-state index contributed by atoms with van der Waals surface area (Å²) in [7, 11) is 1.41. The summed E-state index contributed by atoms with van der Waals surface area (Å²) < 4.78 is 83.4. The maximum atomic E-state index is 15.4. The number of fused-ring (bicyclic) bond motifs is 7. The summed E-state index contributed by atoms with van der Waals surface area (Å²) >= 11 is 0. The van der Waals surface area contributed by atoms with Crippen molar-refractivity contribution >= 4 is 59.5 Å². The summed E-state index contributed by atoms with van der Waals surface area (Å²) in [6.45, 7) is 20.9. The van der Waals surface area contributed by atoms with Crippen LogP contribution in [0.2, 0.25) is 0 Å². The van der Waals surface area contributed by atoms with E-state index in [1.54, 1.807) is 0 Å². The van der Waals surface area contributed by atoms with E-state index in [-0.39, 0.29) is 35.4 Å². The number of carbonyl (C=O) groups is 10. The van der Waals surface area contributed by atoms with Gasteiger partial charge in [-0.05, 0) is 110 Å². The van der Waals surface area contributed by atoms with Crippen LogP contribution in [-0.4, -0.2) is 182 Å². The molecular formula is C62H88O26. The van der Waals surface area contributed by atoms with Crippen LogP contribution in [0.5, 0.6) is 0 Å². The van der Waals surface area contributed by atoms with E-state index in [2.05, 4.69) is 27.7 Å². The fraction of sp³-hybridized carbons (Fsp3) is 0.806. The van der Waals surface area contributed by atoms with E-state index < -0.39 is 186 Å². The molecule has 0 aromatic heterocycles. The van der Waals surface area contributed by atoms with Gasteiger partial charge in [0.2, 0.25) is 0 Å². The molecule has 26 heteroatoms. The fourth-order valence-corrected chi connectivity index (χ4v) is 16.9. The second-order valence-electron chi connectivity index (χ2n) is 27.3. The van der Waals surface area contributed by atoms with Crippen molar-refractivity contribution < 1.29 is 124 Å². The second-order valence-corrected chi connectivity index (χ2v) is 27.3. The number of carboxylic acids is 1. The minimum atomic E-state index is -2.29. The summed E-state index contributed by atoms with van der Waals surface area (Å²) in [6.07, 6.45) is -19.4. The van der Waals surface area contributed by atoms with E-state index in [9.17, 15) is 53.4 Å². The third-order valence-electron chi connectivity index (χ3n) is 21.1. The lowest BCUT2D eigenvalue weighted by Gasteiger charge is -2.70. The van der Waals surface area contributed by atoms with E-state index in [0.29, 0.717) is 32.1 Å². The van der Waals surface area contributed by atoms with E-state index in [0.717, 1.165) is 73.3 Å². The van der Waals surface area contributed by atoms with Crippen LogP contribution in [0, 0.1) is 50.2 Å². The monoisotopic (exact) mass is 1250 g/mol. The molecule has 3 heterocycles. The Bertz CT molecular complexity index is 2780.